The van der Waals surface area contributed by atoms with Crippen LogP contribution in [0.2, 0.25) is 0 Å². The van der Waals surface area contributed by atoms with Crippen molar-refractivity contribution >= 4 is 22.6 Å². The van der Waals surface area contributed by atoms with Gasteiger partial charge in [0.25, 0.3) is 0 Å². The molecule has 0 heterocycles. The van der Waals surface area contributed by atoms with Crippen LogP contribution in [0.1, 0.15) is 58.4 Å². The lowest BCUT2D eigenvalue weighted by atomic mass is 9.76. The highest BCUT2D eigenvalue weighted by Crippen LogP contribution is 2.39. The van der Waals surface area contributed by atoms with Gasteiger partial charge in [0.1, 0.15) is 0 Å². The molecule has 1 fully saturated rings. The van der Waals surface area contributed by atoms with Gasteiger partial charge < -0.3 is 5.73 Å². The van der Waals surface area contributed by atoms with Crippen molar-refractivity contribution in [1.29, 1.82) is 0 Å². The maximum Gasteiger partial charge on any atom is 0.0195 e. The lowest BCUT2D eigenvalue weighted by molar-refractivity contribution is 0.210. The first-order chi connectivity index (χ1) is 9.28. The van der Waals surface area contributed by atoms with Crippen LogP contribution in [0.15, 0.2) is 24.3 Å². The van der Waals surface area contributed by atoms with Crippen molar-refractivity contribution < 1.29 is 0 Å². The zero-order valence-corrected chi connectivity index (χ0v) is 15.2. The number of hydrogen-bond donors (Lipinski definition) is 1. The van der Waals surface area contributed by atoms with Crippen molar-refractivity contribution in [2.24, 2.45) is 17.1 Å². The second kappa shape index (κ2) is 6.35. The summed E-state index contributed by atoms with van der Waals surface area (Å²) in [6.45, 7) is 7.13. The molecule has 112 valence electrons. The van der Waals surface area contributed by atoms with Crippen LogP contribution in [0, 0.1) is 14.9 Å². The van der Waals surface area contributed by atoms with Crippen molar-refractivity contribution in [3.8, 4) is 0 Å². The summed E-state index contributed by atoms with van der Waals surface area (Å²) in [7, 11) is 0. The quantitative estimate of drug-likeness (QED) is 0.553. The van der Waals surface area contributed by atoms with Gasteiger partial charge in [-0.05, 0) is 83.7 Å². The minimum Gasteiger partial charge on any atom is -0.325 e. The van der Waals surface area contributed by atoms with Crippen molar-refractivity contribution in [2.45, 2.75) is 64.8 Å². The highest BCUT2D eigenvalue weighted by molar-refractivity contribution is 14.1. The predicted molar refractivity (Wildman–Crippen MR) is 95.8 cm³/mol. The van der Waals surface area contributed by atoms with E-state index in [1.807, 2.05) is 0 Å². The molecule has 0 amide bonds. The van der Waals surface area contributed by atoms with E-state index >= 15 is 0 Å². The monoisotopic (exact) mass is 385 g/mol. The van der Waals surface area contributed by atoms with Crippen molar-refractivity contribution in [3.63, 3.8) is 0 Å². The van der Waals surface area contributed by atoms with E-state index in [0.717, 1.165) is 12.3 Å². The Morgan fingerprint density at radius 3 is 2.40 bits per heavy atom. The summed E-state index contributed by atoms with van der Waals surface area (Å²) in [6, 6.07) is 8.85. The van der Waals surface area contributed by atoms with E-state index in [1.165, 1.54) is 41.2 Å². The van der Waals surface area contributed by atoms with Crippen LogP contribution in [0.4, 0.5) is 0 Å². The minimum atomic E-state index is 0.00674. The third-order valence-corrected chi connectivity index (χ3v) is 5.63. The number of halogens is 1. The standard InChI is InChI=1S/C18H28IN/c1-17(2,3)15-5-4-11-18(20,12-10-15)13-14-6-8-16(19)9-7-14/h6-9,15H,4-5,10-13,20H2,1-3H3. The molecule has 1 saturated carbocycles. The highest BCUT2D eigenvalue weighted by Gasteiger charge is 2.33. The first-order valence-corrected chi connectivity index (χ1v) is 8.90. The molecule has 1 aromatic carbocycles. The van der Waals surface area contributed by atoms with E-state index in [0.29, 0.717) is 5.41 Å². The van der Waals surface area contributed by atoms with Gasteiger partial charge in [-0.3, -0.25) is 0 Å². The maximum absolute atomic E-state index is 6.73. The fraction of sp³-hybridized carbons (Fsp3) is 0.667. The fourth-order valence-corrected chi connectivity index (χ4v) is 3.84. The lowest BCUT2D eigenvalue weighted by Crippen LogP contribution is -2.41. The molecule has 2 rings (SSSR count). The van der Waals surface area contributed by atoms with Crippen LogP contribution in [-0.2, 0) is 6.42 Å². The van der Waals surface area contributed by atoms with Gasteiger partial charge in [0.05, 0.1) is 0 Å². The maximum atomic E-state index is 6.73. The Balaban J connectivity index is 2.02. The molecule has 20 heavy (non-hydrogen) atoms. The molecule has 0 aliphatic heterocycles. The molecule has 2 unspecified atom stereocenters. The highest BCUT2D eigenvalue weighted by atomic mass is 127. The van der Waals surface area contributed by atoms with E-state index in [9.17, 15) is 0 Å². The van der Waals surface area contributed by atoms with Gasteiger partial charge in [0.15, 0.2) is 0 Å². The molecule has 0 spiro atoms. The Bertz CT molecular complexity index is 432. The van der Waals surface area contributed by atoms with E-state index in [4.69, 9.17) is 5.73 Å². The average Bonchev–Trinajstić information content (AvgIpc) is 2.54. The number of rotatable bonds is 2. The molecule has 2 atom stereocenters. The molecule has 1 aliphatic rings. The molecule has 0 bridgehead atoms. The molecular weight excluding hydrogens is 357 g/mol. The van der Waals surface area contributed by atoms with E-state index in [1.54, 1.807) is 0 Å². The summed E-state index contributed by atoms with van der Waals surface area (Å²) < 4.78 is 1.30. The Kier molecular flexibility index (Phi) is 5.17. The summed E-state index contributed by atoms with van der Waals surface area (Å²) in [5.74, 6) is 0.824. The summed E-state index contributed by atoms with van der Waals surface area (Å²) in [6.07, 6.45) is 7.27. The molecule has 1 aromatic rings. The van der Waals surface area contributed by atoms with Crippen LogP contribution >= 0.6 is 22.6 Å². The van der Waals surface area contributed by atoms with Crippen LogP contribution in [0.25, 0.3) is 0 Å². The molecule has 2 N–H and O–H groups in total. The summed E-state index contributed by atoms with van der Waals surface area (Å²) in [5.41, 5.74) is 8.56. The van der Waals surface area contributed by atoms with Gasteiger partial charge >= 0.3 is 0 Å². The second-order valence-corrected chi connectivity index (χ2v) is 8.91. The van der Waals surface area contributed by atoms with Gasteiger partial charge in [0, 0.05) is 9.11 Å². The Labute approximate surface area is 137 Å². The number of benzene rings is 1. The molecule has 0 aromatic heterocycles. The van der Waals surface area contributed by atoms with E-state index in [2.05, 4.69) is 67.6 Å². The zero-order valence-electron chi connectivity index (χ0n) is 13.1. The van der Waals surface area contributed by atoms with Gasteiger partial charge in [-0.2, -0.15) is 0 Å². The summed E-state index contributed by atoms with van der Waals surface area (Å²) >= 11 is 2.36. The topological polar surface area (TPSA) is 26.0 Å². The molecule has 0 radical (unpaired) electrons. The van der Waals surface area contributed by atoms with Crippen LogP contribution in [0.5, 0.6) is 0 Å². The van der Waals surface area contributed by atoms with Crippen LogP contribution in [0.3, 0.4) is 0 Å². The molecule has 0 saturated heterocycles. The SMILES string of the molecule is CC(C)(C)C1CCCC(N)(Cc2ccc(I)cc2)CC1. The van der Waals surface area contributed by atoms with E-state index in [-0.39, 0.29) is 5.54 Å². The largest absolute Gasteiger partial charge is 0.325 e. The second-order valence-electron chi connectivity index (χ2n) is 7.66. The average molecular weight is 385 g/mol. The van der Waals surface area contributed by atoms with Crippen molar-refractivity contribution in [1.82, 2.24) is 0 Å². The zero-order chi connectivity index (χ0) is 14.8. The Morgan fingerprint density at radius 1 is 1.15 bits per heavy atom. The van der Waals surface area contributed by atoms with Crippen LogP contribution < -0.4 is 5.73 Å². The van der Waals surface area contributed by atoms with Gasteiger partial charge in [-0.1, -0.05) is 39.3 Å². The molecule has 1 nitrogen and oxygen atoms in total. The predicted octanol–water partition coefficient (Wildman–Crippen LogP) is 5.16. The first kappa shape index (κ1) is 16.3. The van der Waals surface area contributed by atoms with Gasteiger partial charge in [-0.15, -0.1) is 0 Å². The summed E-state index contributed by atoms with van der Waals surface area (Å²) in [5, 5.41) is 0. The van der Waals surface area contributed by atoms with Gasteiger partial charge in [-0.25, -0.2) is 0 Å². The van der Waals surface area contributed by atoms with Crippen molar-refractivity contribution in [3.05, 3.63) is 33.4 Å². The first-order valence-electron chi connectivity index (χ1n) is 7.82. The van der Waals surface area contributed by atoms with Gasteiger partial charge in [0.2, 0.25) is 0 Å². The minimum absolute atomic E-state index is 0.00674. The number of nitrogens with two attached hydrogens (primary N) is 1. The normalized spacial score (nSPS) is 28.1. The number of hydrogen-bond acceptors (Lipinski definition) is 1. The summed E-state index contributed by atoms with van der Waals surface area (Å²) in [4.78, 5) is 0. The fourth-order valence-electron chi connectivity index (χ4n) is 3.48. The van der Waals surface area contributed by atoms with Crippen LogP contribution in [-0.4, -0.2) is 5.54 Å². The smallest absolute Gasteiger partial charge is 0.0195 e. The van der Waals surface area contributed by atoms with E-state index < -0.39 is 0 Å². The lowest BCUT2D eigenvalue weighted by Gasteiger charge is -2.31. The Morgan fingerprint density at radius 2 is 1.80 bits per heavy atom. The molecular formula is C18H28IN. The van der Waals surface area contributed by atoms with Crippen molar-refractivity contribution in [2.75, 3.05) is 0 Å². The third-order valence-electron chi connectivity index (χ3n) is 4.91. The third kappa shape index (κ3) is 4.45. The Hall–Kier alpha value is -0.0900. The molecule has 1 aliphatic carbocycles. The molecule has 2 heteroatoms.